The van der Waals surface area contributed by atoms with Crippen LogP contribution in [0.5, 0.6) is 0 Å². The van der Waals surface area contributed by atoms with Crippen LogP contribution in [0.1, 0.15) is 59.3 Å². The van der Waals surface area contributed by atoms with Crippen molar-refractivity contribution in [2.75, 3.05) is 0 Å². The number of hydrogen-bond acceptors (Lipinski definition) is 1. The van der Waals surface area contributed by atoms with Crippen molar-refractivity contribution in [1.29, 1.82) is 0 Å². The van der Waals surface area contributed by atoms with Gasteiger partial charge in [-0.2, -0.15) is 12.3 Å². The molecule has 0 amide bonds. The molecule has 0 rings (SSSR count). The van der Waals surface area contributed by atoms with Crippen LogP contribution < -0.4 is 0 Å². The Morgan fingerprint density at radius 3 is 1.71 bits per heavy atom. The molecule has 0 aliphatic heterocycles. The van der Waals surface area contributed by atoms with Crippen LogP contribution in [-0.4, -0.2) is 9.79 Å². The first-order valence-electron chi connectivity index (χ1n) is 5.93. The zero-order valence-electron chi connectivity index (χ0n) is 11.3. The van der Waals surface area contributed by atoms with Gasteiger partial charge in [0.1, 0.15) is 0 Å². The maximum absolute atomic E-state index is 8.70. The Kier molecular flexibility index (Phi) is 39.0. The predicted octanol–water partition coefficient (Wildman–Crippen LogP) is 4.28. The third-order valence-corrected chi connectivity index (χ3v) is 1.90. The molecule has 0 aliphatic rings. The summed E-state index contributed by atoms with van der Waals surface area (Å²) >= 11 is 0. The molecule has 0 heterocycles. The minimum Gasteiger partial charge on any atom is -0.343 e. The first-order chi connectivity index (χ1) is 7.45. The van der Waals surface area contributed by atoms with Crippen molar-refractivity contribution in [1.82, 2.24) is 0 Å². The van der Waals surface area contributed by atoms with Crippen molar-refractivity contribution in [3.05, 3.63) is 13.8 Å². The Bertz CT molecular complexity index is 129. The largest absolute Gasteiger partial charge is 2.00 e. The quantitative estimate of drug-likeness (QED) is 0.452. The van der Waals surface area contributed by atoms with E-state index in [-0.39, 0.29) is 16.5 Å². The fourth-order valence-corrected chi connectivity index (χ4v) is 0.697. The van der Waals surface area contributed by atoms with Crippen molar-refractivity contribution in [2.24, 2.45) is 5.92 Å². The number of hydrogen-bond donors (Lipinski definition) is 2. The van der Waals surface area contributed by atoms with Crippen molar-refractivity contribution >= 4 is 8.25 Å². The average Bonchev–Trinajstić information content (AvgIpc) is 2.25. The first kappa shape index (κ1) is 26.2. The second-order valence-electron chi connectivity index (χ2n) is 3.52. The Morgan fingerprint density at radius 1 is 1.18 bits per heavy atom. The molecule has 0 fully saturated rings. The Balaban J connectivity index is -0.0000000806. The van der Waals surface area contributed by atoms with E-state index in [1.165, 1.54) is 32.1 Å². The van der Waals surface area contributed by atoms with Gasteiger partial charge in [0.2, 0.25) is 0 Å². The zero-order valence-corrected chi connectivity index (χ0v) is 13.2. The van der Waals surface area contributed by atoms with Crippen molar-refractivity contribution in [3.63, 3.8) is 0 Å². The third-order valence-electron chi connectivity index (χ3n) is 1.90. The summed E-state index contributed by atoms with van der Waals surface area (Å²) in [6.07, 6.45) is 7.49. The summed E-state index contributed by atoms with van der Waals surface area (Å²) in [7, 11) is -2.87. The molecule has 0 aromatic carbocycles. The van der Waals surface area contributed by atoms with Crippen molar-refractivity contribution in [2.45, 2.75) is 59.3 Å². The minimum atomic E-state index is -2.87. The SMILES string of the molecule is O=[P+](O)O.[CH2-]C(CC)CCCC.[CH2-]CCC.[Ni+2]. The minimum absolute atomic E-state index is 0. The summed E-state index contributed by atoms with van der Waals surface area (Å²) in [5, 5.41) is 0. The van der Waals surface area contributed by atoms with Crippen LogP contribution in [0.15, 0.2) is 0 Å². The summed E-state index contributed by atoms with van der Waals surface area (Å²) in [6.45, 7) is 14.1. The summed E-state index contributed by atoms with van der Waals surface area (Å²) < 4.78 is 8.70. The average molecular weight is 310 g/mol. The zero-order chi connectivity index (χ0) is 13.4. The number of unbranched alkanes of at least 4 members (excludes halogenated alkanes) is 2. The van der Waals surface area contributed by atoms with Gasteiger partial charge in [-0.3, -0.25) is 0 Å². The molecule has 0 aliphatic carbocycles. The maximum Gasteiger partial charge on any atom is 2.00 e. The van der Waals surface area contributed by atoms with Gasteiger partial charge in [0.15, 0.2) is 0 Å². The van der Waals surface area contributed by atoms with Crippen LogP contribution in [0.4, 0.5) is 0 Å². The Morgan fingerprint density at radius 2 is 1.53 bits per heavy atom. The molecule has 5 heteroatoms. The summed E-state index contributed by atoms with van der Waals surface area (Å²) in [4.78, 5) is 14.2. The fraction of sp³-hybridized carbons (Fsp3) is 0.833. The molecule has 3 nitrogen and oxygen atoms in total. The molecule has 0 aromatic heterocycles. The molecule has 0 aromatic rings. The van der Waals surface area contributed by atoms with Gasteiger partial charge in [-0.15, -0.1) is 9.79 Å². The summed E-state index contributed by atoms with van der Waals surface area (Å²) in [5.41, 5.74) is 0. The fourth-order valence-electron chi connectivity index (χ4n) is 0.697. The van der Waals surface area contributed by atoms with Crippen molar-refractivity contribution in [3.8, 4) is 0 Å². The van der Waals surface area contributed by atoms with Crippen molar-refractivity contribution < 1.29 is 30.8 Å². The van der Waals surface area contributed by atoms with Crippen LogP contribution >= 0.6 is 8.25 Å². The summed E-state index contributed by atoms with van der Waals surface area (Å²) in [5.74, 6) is 0.704. The Hall–Kier alpha value is 0.514. The molecular weight excluding hydrogens is 282 g/mol. The molecule has 1 atom stereocenters. The van der Waals surface area contributed by atoms with E-state index in [4.69, 9.17) is 14.4 Å². The molecule has 2 N–H and O–H groups in total. The molecule has 0 saturated heterocycles. The normalized spacial score (nSPS) is 9.82. The molecule has 0 spiro atoms. The monoisotopic (exact) mass is 309 g/mol. The van der Waals surface area contributed by atoms with Gasteiger partial charge >= 0.3 is 24.7 Å². The van der Waals surface area contributed by atoms with Crippen LogP contribution in [0, 0.1) is 19.8 Å². The van der Waals surface area contributed by atoms with Gasteiger partial charge in [-0.05, 0) is 0 Å². The maximum atomic E-state index is 8.70. The van der Waals surface area contributed by atoms with E-state index < -0.39 is 8.25 Å². The predicted molar refractivity (Wildman–Crippen MR) is 71.0 cm³/mol. The second kappa shape index (κ2) is 25.4. The van der Waals surface area contributed by atoms with E-state index in [1.807, 2.05) is 0 Å². The van der Waals surface area contributed by atoms with E-state index in [0.717, 1.165) is 6.42 Å². The van der Waals surface area contributed by atoms with Crippen LogP contribution in [-0.2, 0) is 21.1 Å². The van der Waals surface area contributed by atoms with E-state index in [2.05, 4.69) is 34.6 Å². The smallest absolute Gasteiger partial charge is 0.343 e. The number of rotatable bonds is 5. The van der Waals surface area contributed by atoms with Gasteiger partial charge in [0.05, 0.1) is 0 Å². The molecule has 0 saturated carbocycles. The summed E-state index contributed by atoms with van der Waals surface area (Å²) in [6, 6.07) is 0. The third kappa shape index (κ3) is 61.6. The topological polar surface area (TPSA) is 57.5 Å². The molecule has 0 radical (unpaired) electrons. The first-order valence-corrected chi connectivity index (χ1v) is 7.09. The molecular formula is C12H28NiO3P+. The van der Waals surface area contributed by atoms with Crippen LogP contribution in [0.25, 0.3) is 0 Å². The van der Waals surface area contributed by atoms with Gasteiger partial charge in [-0.1, -0.05) is 52.9 Å². The van der Waals surface area contributed by atoms with E-state index in [0.29, 0.717) is 5.92 Å². The van der Waals surface area contributed by atoms with Gasteiger partial charge in [0.25, 0.3) is 0 Å². The van der Waals surface area contributed by atoms with Gasteiger partial charge in [0, 0.05) is 4.57 Å². The molecule has 1 unspecified atom stereocenters. The van der Waals surface area contributed by atoms with Crippen LogP contribution in [0.2, 0.25) is 0 Å². The Labute approximate surface area is 118 Å². The molecule has 0 bridgehead atoms. The van der Waals surface area contributed by atoms with E-state index >= 15 is 0 Å². The van der Waals surface area contributed by atoms with Gasteiger partial charge in [-0.25, -0.2) is 0 Å². The van der Waals surface area contributed by atoms with Gasteiger partial charge < -0.3 is 13.8 Å². The van der Waals surface area contributed by atoms with E-state index in [9.17, 15) is 0 Å². The second-order valence-corrected chi connectivity index (χ2v) is 4.03. The van der Waals surface area contributed by atoms with E-state index in [1.54, 1.807) is 0 Å². The van der Waals surface area contributed by atoms with Crippen LogP contribution in [0.3, 0.4) is 0 Å². The molecule has 108 valence electrons. The standard InChI is InChI=1S/C8H17.C4H9.Ni.HO3P/c1-4-6-7-8(3)5-2;1-3-4-2;;1-4(2)3/h8H,3-7H2,1-2H3;1,3-4H2,2H3;;(H-,1,2,3)/q2*-1;+2;/p+1. The molecule has 17 heavy (non-hydrogen) atoms.